The number of hydrogen-bond acceptors (Lipinski definition) is 3. The van der Waals surface area contributed by atoms with Crippen molar-refractivity contribution in [2.75, 3.05) is 0 Å². The van der Waals surface area contributed by atoms with Gasteiger partial charge in [0.2, 0.25) is 0 Å². The van der Waals surface area contributed by atoms with Crippen LogP contribution in [0.3, 0.4) is 0 Å². The summed E-state index contributed by atoms with van der Waals surface area (Å²) in [4.78, 5) is 11.6. The maximum atomic E-state index is 11.6. The first-order chi connectivity index (χ1) is 12.3. The predicted molar refractivity (Wildman–Crippen MR) is 106 cm³/mol. The van der Waals surface area contributed by atoms with Gasteiger partial charge in [-0.05, 0) is 58.9 Å². The largest absolute Gasteiger partial charge is 0.504 e. The highest BCUT2D eigenvalue weighted by Gasteiger charge is 2.20. The molecule has 0 aliphatic carbocycles. The van der Waals surface area contributed by atoms with E-state index in [9.17, 15) is 20.1 Å². The number of hydrogen-bond donors (Lipinski definition) is 3. The Hall–Kier alpha value is -2.49. The van der Waals surface area contributed by atoms with Crippen LogP contribution in [-0.4, -0.2) is 21.3 Å². The Morgan fingerprint density at radius 3 is 2.31 bits per heavy atom. The van der Waals surface area contributed by atoms with Crippen molar-refractivity contribution in [2.24, 2.45) is 0 Å². The molecule has 4 heteroatoms. The molecule has 0 radical (unpaired) electrons. The molecular formula is C22H30O4. The number of phenolic OH excluding ortho intramolecular Hbond substituents is 2. The zero-order chi connectivity index (χ0) is 19.7. The Bertz CT molecular complexity index is 720. The van der Waals surface area contributed by atoms with Crippen molar-refractivity contribution >= 4 is 5.97 Å². The van der Waals surface area contributed by atoms with Crippen molar-refractivity contribution in [1.82, 2.24) is 0 Å². The fraction of sp³-hybridized carbons (Fsp3) is 0.409. The number of allylic oxidation sites excluding steroid dienone is 6. The Morgan fingerprint density at radius 1 is 1.04 bits per heavy atom. The molecule has 0 saturated carbocycles. The van der Waals surface area contributed by atoms with Gasteiger partial charge in [0.15, 0.2) is 11.5 Å². The maximum Gasteiger partial charge on any atom is 0.336 e. The minimum Gasteiger partial charge on any atom is -0.504 e. The molecule has 142 valence electrons. The second-order valence-electron chi connectivity index (χ2n) is 6.72. The van der Waals surface area contributed by atoms with Gasteiger partial charge in [-0.2, -0.15) is 0 Å². The lowest BCUT2D eigenvalue weighted by Gasteiger charge is -2.13. The second kappa shape index (κ2) is 10.5. The first kappa shape index (κ1) is 21.6. The molecule has 0 amide bonds. The number of benzene rings is 1. The number of carbonyl (C=O) groups is 1. The van der Waals surface area contributed by atoms with Crippen molar-refractivity contribution in [2.45, 2.75) is 59.8 Å². The minimum atomic E-state index is -1.10. The molecule has 1 rings (SSSR count). The molecule has 0 aromatic heterocycles. The van der Waals surface area contributed by atoms with Crippen LogP contribution in [0.25, 0.3) is 0 Å². The third kappa shape index (κ3) is 6.43. The zero-order valence-electron chi connectivity index (χ0n) is 16.2. The van der Waals surface area contributed by atoms with Crippen molar-refractivity contribution < 1.29 is 20.1 Å². The SMILES string of the molecule is CC/C=C/Cc1cc(C(=O)O)c(C/C=C(\C)CCC=C(C)C)c(O)c1O. The van der Waals surface area contributed by atoms with Gasteiger partial charge >= 0.3 is 5.97 Å². The number of carboxylic acids is 1. The lowest BCUT2D eigenvalue weighted by Crippen LogP contribution is -2.04. The van der Waals surface area contributed by atoms with Crippen LogP contribution in [0.2, 0.25) is 0 Å². The molecule has 0 aliphatic rings. The predicted octanol–water partition coefficient (Wildman–Crippen LogP) is 5.54. The van der Waals surface area contributed by atoms with E-state index in [0.29, 0.717) is 12.0 Å². The minimum absolute atomic E-state index is 0.0357. The topological polar surface area (TPSA) is 77.8 Å². The van der Waals surface area contributed by atoms with Gasteiger partial charge in [0.25, 0.3) is 0 Å². The highest BCUT2D eigenvalue weighted by atomic mass is 16.4. The van der Waals surface area contributed by atoms with Crippen molar-refractivity contribution in [1.29, 1.82) is 0 Å². The Balaban J connectivity index is 3.10. The van der Waals surface area contributed by atoms with E-state index in [0.717, 1.165) is 24.8 Å². The summed E-state index contributed by atoms with van der Waals surface area (Å²) in [5.41, 5.74) is 3.08. The van der Waals surface area contributed by atoms with Crippen LogP contribution in [0.1, 0.15) is 68.4 Å². The molecule has 0 atom stereocenters. The third-order valence-corrected chi connectivity index (χ3v) is 4.17. The van der Waals surface area contributed by atoms with E-state index >= 15 is 0 Å². The molecule has 0 bridgehead atoms. The zero-order valence-corrected chi connectivity index (χ0v) is 16.2. The third-order valence-electron chi connectivity index (χ3n) is 4.17. The monoisotopic (exact) mass is 358 g/mol. The molecule has 0 saturated heterocycles. The van der Waals surface area contributed by atoms with E-state index < -0.39 is 5.97 Å². The van der Waals surface area contributed by atoms with Gasteiger partial charge in [-0.3, -0.25) is 0 Å². The van der Waals surface area contributed by atoms with Gasteiger partial charge in [0.05, 0.1) is 5.56 Å². The van der Waals surface area contributed by atoms with Gasteiger partial charge < -0.3 is 15.3 Å². The summed E-state index contributed by atoms with van der Waals surface area (Å²) >= 11 is 0. The number of phenols is 2. The number of aromatic carboxylic acids is 1. The molecule has 0 fully saturated rings. The van der Waals surface area contributed by atoms with Crippen LogP contribution in [0.4, 0.5) is 0 Å². The van der Waals surface area contributed by atoms with Crippen molar-refractivity contribution in [3.8, 4) is 11.5 Å². The smallest absolute Gasteiger partial charge is 0.336 e. The average Bonchev–Trinajstić information content (AvgIpc) is 2.57. The molecule has 0 heterocycles. The van der Waals surface area contributed by atoms with Crippen LogP contribution in [0.5, 0.6) is 11.5 Å². The van der Waals surface area contributed by atoms with Gasteiger partial charge in [-0.1, -0.05) is 42.4 Å². The molecule has 0 aliphatic heterocycles. The molecular weight excluding hydrogens is 328 g/mol. The fourth-order valence-corrected chi connectivity index (χ4v) is 2.65. The lowest BCUT2D eigenvalue weighted by molar-refractivity contribution is 0.0695. The molecule has 0 spiro atoms. The highest BCUT2D eigenvalue weighted by Crippen LogP contribution is 2.36. The molecule has 3 N–H and O–H groups in total. The Morgan fingerprint density at radius 2 is 1.73 bits per heavy atom. The number of aromatic hydroxyl groups is 2. The summed E-state index contributed by atoms with van der Waals surface area (Å²) in [6, 6.07) is 1.46. The standard InChI is InChI=1S/C22H30O4/c1-5-6-7-11-17-14-19(22(25)26)18(21(24)20(17)23)13-12-16(4)10-8-9-15(2)3/h6-7,9,12,14,23-24H,5,8,10-11,13H2,1-4H3,(H,25,26)/b7-6+,16-12+. The maximum absolute atomic E-state index is 11.6. The first-order valence-electron chi connectivity index (χ1n) is 9.01. The Labute approximate surface area is 156 Å². The van der Waals surface area contributed by atoms with E-state index in [2.05, 4.69) is 19.9 Å². The van der Waals surface area contributed by atoms with E-state index in [4.69, 9.17) is 0 Å². The van der Waals surface area contributed by atoms with Gasteiger partial charge in [0.1, 0.15) is 0 Å². The molecule has 4 nitrogen and oxygen atoms in total. The normalized spacial score (nSPS) is 11.8. The van der Waals surface area contributed by atoms with Gasteiger partial charge in [-0.25, -0.2) is 4.79 Å². The Kier molecular flexibility index (Phi) is 8.70. The van der Waals surface area contributed by atoms with Crippen LogP contribution in [0, 0.1) is 0 Å². The van der Waals surface area contributed by atoms with Crippen LogP contribution in [0.15, 0.2) is 41.5 Å². The number of rotatable bonds is 9. The molecule has 26 heavy (non-hydrogen) atoms. The average molecular weight is 358 g/mol. The van der Waals surface area contributed by atoms with Gasteiger partial charge in [0, 0.05) is 11.1 Å². The van der Waals surface area contributed by atoms with Gasteiger partial charge in [-0.15, -0.1) is 0 Å². The van der Waals surface area contributed by atoms with E-state index in [-0.39, 0.29) is 29.0 Å². The van der Waals surface area contributed by atoms with E-state index in [1.165, 1.54) is 11.6 Å². The van der Waals surface area contributed by atoms with Crippen LogP contribution >= 0.6 is 0 Å². The quantitative estimate of drug-likeness (QED) is 0.400. The summed E-state index contributed by atoms with van der Waals surface area (Å²) in [5, 5.41) is 30.1. The highest BCUT2D eigenvalue weighted by molar-refractivity contribution is 5.91. The molecule has 0 unspecified atom stereocenters. The summed E-state index contributed by atoms with van der Waals surface area (Å²) in [6.07, 6.45) is 11.2. The van der Waals surface area contributed by atoms with E-state index in [1.54, 1.807) is 0 Å². The lowest BCUT2D eigenvalue weighted by atomic mass is 9.96. The summed E-state index contributed by atoms with van der Waals surface area (Å²) < 4.78 is 0. The second-order valence-corrected chi connectivity index (χ2v) is 6.72. The number of carboxylic acid groups (broad SMARTS) is 1. The van der Waals surface area contributed by atoms with Crippen molar-refractivity contribution in [3.63, 3.8) is 0 Å². The van der Waals surface area contributed by atoms with Crippen LogP contribution < -0.4 is 0 Å². The van der Waals surface area contributed by atoms with E-state index in [1.807, 2.05) is 32.1 Å². The summed E-state index contributed by atoms with van der Waals surface area (Å²) in [6.45, 7) is 8.08. The summed E-state index contributed by atoms with van der Waals surface area (Å²) in [5.74, 6) is -1.67. The fourth-order valence-electron chi connectivity index (χ4n) is 2.65. The van der Waals surface area contributed by atoms with Crippen LogP contribution in [-0.2, 0) is 12.8 Å². The van der Waals surface area contributed by atoms with Crippen molar-refractivity contribution in [3.05, 3.63) is 58.2 Å². The molecule has 1 aromatic rings. The first-order valence-corrected chi connectivity index (χ1v) is 9.01. The molecule has 1 aromatic carbocycles. The summed E-state index contributed by atoms with van der Waals surface area (Å²) in [7, 11) is 0.